The first-order chi connectivity index (χ1) is 8.80. The Bertz CT molecular complexity index is 311. The Morgan fingerprint density at radius 2 is 1.50 bits per heavy atom. The maximum Gasteiger partial charge on any atom is 0.119 e. The van der Waals surface area contributed by atoms with Crippen LogP contribution in [0.15, 0.2) is 24.3 Å². The van der Waals surface area contributed by atoms with Gasteiger partial charge in [0.05, 0.1) is 7.11 Å². The molecule has 102 valence electrons. The summed E-state index contributed by atoms with van der Waals surface area (Å²) in [6.07, 6.45) is 0. The van der Waals surface area contributed by atoms with Gasteiger partial charge >= 0.3 is 0 Å². The van der Waals surface area contributed by atoms with Gasteiger partial charge in [0.2, 0.25) is 0 Å². The zero-order chi connectivity index (χ0) is 13.2. The van der Waals surface area contributed by atoms with E-state index in [9.17, 15) is 0 Å². The monoisotopic (exact) mass is 253 g/mol. The van der Waals surface area contributed by atoms with Crippen molar-refractivity contribution in [1.82, 2.24) is 4.90 Å². The van der Waals surface area contributed by atoms with E-state index in [1.807, 2.05) is 24.3 Å². The van der Waals surface area contributed by atoms with Gasteiger partial charge in [-0.2, -0.15) is 0 Å². The van der Waals surface area contributed by atoms with Crippen molar-refractivity contribution in [3.63, 3.8) is 0 Å². The van der Waals surface area contributed by atoms with Gasteiger partial charge in [0.1, 0.15) is 18.1 Å². The molecule has 1 aromatic carbocycles. The molecule has 5 nitrogen and oxygen atoms in total. The van der Waals surface area contributed by atoms with Crippen LogP contribution in [0.25, 0.3) is 0 Å². The highest BCUT2D eigenvalue weighted by atomic mass is 16.5. The lowest BCUT2D eigenvalue weighted by molar-refractivity contribution is 0.216. The minimum Gasteiger partial charge on any atom is -0.497 e. The Balaban J connectivity index is 2.30. The molecule has 1 aromatic rings. The highest BCUT2D eigenvalue weighted by Crippen LogP contribution is 2.16. The Morgan fingerprint density at radius 3 is 2.00 bits per heavy atom. The third kappa shape index (κ3) is 5.35. The van der Waals surface area contributed by atoms with Crippen molar-refractivity contribution in [3.05, 3.63) is 24.3 Å². The summed E-state index contributed by atoms with van der Waals surface area (Å²) in [6, 6.07) is 7.56. The standard InChI is InChI=1S/C13H23N3O2/c1-17-12-2-4-13(5-3-12)18-11-10-16(8-6-14)9-7-15/h2-5H,6-11,14-15H2,1H3. The second-order valence-corrected chi connectivity index (χ2v) is 3.94. The summed E-state index contributed by atoms with van der Waals surface area (Å²) in [7, 11) is 1.65. The summed E-state index contributed by atoms with van der Waals surface area (Å²) >= 11 is 0. The van der Waals surface area contributed by atoms with E-state index in [0.717, 1.165) is 31.1 Å². The highest BCUT2D eigenvalue weighted by molar-refractivity contribution is 5.31. The number of rotatable bonds is 9. The fourth-order valence-electron chi connectivity index (χ4n) is 1.67. The van der Waals surface area contributed by atoms with E-state index < -0.39 is 0 Å². The van der Waals surface area contributed by atoms with Crippen molar-refractivity contribution in [2.45, 2.75) is 0 Å². The third-order valence-corrected chi connectivity index (χ3v) is 2.63. The Labute approximate surface area is 109 Å². The molecular weight excluding hydrogens is 230 g/mol. The van der Waals surface area contributed by atoms with Crippen molar-refractivity contribution < 1.29 is 9.47 Å². The summed E-state index contributed by atoms with van der Waals surface area (Å²) < 4.78 is 10.7. The number of ether oxygens (including phenoxy) is 2. The van der Waals surface area contributed by atoms with E-state index >= 15 is 0 Å². The average molecular weight is 253 g/mol. The first-order valence-electron chi connectivity index (χ1n) is 6.19. The molecule has 0 aliphatic heterocycles. The number of hydrogen-bond donors (Lipinski definition) is 2. The lowest BCUT2D eigenvalue weighted by Crippen LogP contribution is -2.36. The lowest BCUT2D eigenvalue weighted by atomic mass is 10.3. The fraction of sp³-hybridized carbons (Fsp3) is 0.538. The van der Waals surface area contributed by atoms with Crippen LogP contribution in [0.4, 0.5) is 0 Å². The van der Waals surface area contributed by atoms with Gasteiger partial charge in [0.25, 0.3) is 0 Å². The van der Waals surface area contributed by atoms with Gasteiger partial charge in [-0.25, -0.2) is 0 Å². The molecule has 5 heteroatoms. The van der Waals surface area contributed by atoms with Crippen LogP contribution in [0.2, 0.25) is 0 Å². The third-order valence-electron chi connectivity index (χ3n) is 2.63. The van der Waals surface area contributed by atoms with Crippen LogP contribution in [0.1, 0.15) is 0 Å². The molecule has 4 N–H and O–H groups in total. The van der Waals surface area contributed by atoms with Crippen LogP contribution in [0, 0.1) is 0 Å². The molecule has 18 heavy (non-hydrogen) atoms. The summed E-state index contributed by atoms with van der Waals surface area (Å²) in [5.41, 5.74) is 11.1. The molecule has 0 amide bonds. The molecule has 0 aliphatic rings. The van der Waals surface area contributed by atoms with Crippen LogP contribution < -0.4 is 20.9 Å². The first-order valence-corrected chi connectivity index (χ1v) is 6.19. The summed E-state index contributed by atoms with van der Waals surface area (Å²) in [6.45, 7) is 4.45. The molecule has 0 unspecified atom stereocenters. The number of nitrogens with two attached hydrogens (primary N) is 2. The van der Waals surface area contributed by atoms with Gasteiger partial charge in [-0.1, -0.05) is 0 Å². The molecular formula is C13H23N3O2. The van der Waals surface area contributed by atoms with E-state index in [4.69, 9.17) is 20.9 Å². The minimum absolute atomic E-state index is 0.631. The molecule has 0 fully saturated rings. The molecule has 0 aromatic heterocycles. The zero-order valence-electron chi connectivity index (χ0n) is 11.0. The normalized spacial score (nSPS) is 10.7. The predicted molar refractivity (Wildman–Crippen MR) is 73.0 cm³/mol. The number of hydrogen-bond acceptors (Lipinski definition) is 5. The summed E-state index contributed by atoms with van der Waals surface area (Å²) in [5.74, 6) is 1.67. The fourth-order valence-corrected chi connectivity index (χ4v) is 1.67. The second kappa shape index (κ2) is 8.74. The van der Waals surface area contributed by atoms with Crippen LogP contribution in [0.3, 0.4) is 0 Å². The summed E-state index contributed by atoms with van der Waals surface area (Å²) in [4.78, 5) is 2.20. The predicted octanol–water partition coefficient (Wildman–Crippen LogP) is 0.293. The number of nitrogens with zero attached hydrogens (tertiary/aromatic N) is 1. The zero-order valence-corrected chi connectivity index (χ0v) is 11.0. The Morgan fingerprint density at radius 1 is 0.944 bits per heavy atom. The van der Waals surface area contributed by atoms with Crippen molar-refractivity contribution in [1.29, 1.82) is 0 Å². The highest BCUT2D eigenvalue weighted by Gasteiger charge is 2.03. The first kappa shape index (κ1) is 14.8. The van der Waals surface area contributed by atoms with Crippen molar-refractivity contribution in [3.8, 4) is 11.5 Å². The second-order valence-electron chi connectivity index (χ2n) is 3.94. The Kier molecular flexibility index (Phi) is 7.17. The van der Waals surface area contributed by atoms with Crippen LogP contribution in [-0.2, 0) is 0 Å². The van der Waals surface area contributed by atoms with Crippen molar-refractivity contribution >= 4 is 0 Å². The average Bonchev–Trinajstić information content (AvgIpc) is 2.40. The van der Waals surface area contributed by atoms with Crippen LogP contribution >= 0.6 is 0 Å². The maximum absolute atomic E-state index is 5.65. The SMILES string of the molecule is COc1ccc(OCCN(CCN)CCN)cc1. The maximum atomic E-state index is 5.65. The smallest absolute Gasteiger partial charge is 0.119 e. The van der Waals surface area contributed by atoms with Gasteiger partial charge < -0.3 is 20.9 Å². The molecule has 0 bridgehead atoms. The van der Waals surface area contributed by atoms with E-state index in [1.165, 1.54) is 0 Å². The van der Waals surface area contributed by atoms with E-state index in [-0.39, 0.29) is 0 Å². The van der Waals surface area contributed by atoms with Crippen LogP contribution in [0.5, 0.6) is 11.5 Å². The number of benzene rings is 1. The largest absolute Gasteiger partial charge is 0.497 e. The van der Waals surface area contributed by atoms with Crippen LogP contribution in [-0.4, -0.2) is 51.3 Å². The van der Waals surface area contributed by atoms with Gasteiger partial charge in [0.15, 0.2) is 0 Å². The molecule has 0 heterocycles. The molecule has 0 spiro atoms. The minimum atomic E-state index is 0.631. The van der Waals surface area contributed by atoms with Gasteiger partial charge in [-0.05, 0) is 24.3 Å². The molecule has 0 radical (unpaired) electrons. The molecule has 1 rings (SSSR count). The number of methoxy groups -OCH3 is 1. The molecule has 0 atom stereocenters. The molecule has 0 aliphatic carbocycles. The van der Waals surface area contributed by atoms with E-state index in [0.29, 0.717) is 19.7 Å². The van der Waals surface area contributed by atoms with Gasteiger partial charge in [0, 0.05) is 32.7 Å². The Hall–Kier alpha value is -1.30. The van der Waals surface area contributed by atoms with Gasteiger partial charge in [-0.3, -0.25) is 4.90 Å². The molecule has 0 saturated heterocycles. The van der Waals surface area contributed by atoms with Crippen molar-refractivity contribution in [2.24, 2.45) is 11.5 Å². The quantitative estimate of drug-likeness (QED) is 0.662. The topological polar surface area (TPSA) is 73.7 Å². The van der Waals surface area contributed by atoms with Crippen molar-refractivity contribution in [2.75, 3.05) is 46.4 Å². The molecule has 0 saturated carbocycles. The van der Waals surface area contributed by atoms with E-state index in [2.05, 4.69) is 4.90 Å². The van der Waals surface area contributed by atoms with Gasteiger partial charge in [-0.15, -0.1) is 0 Å². The van der Waals surface area contributed by atoms with E-state index in [1.54, 1.807) is 7.11 Å². The lowest BCUT2D eigenvalue weighted by Gasteiger charge is -2.20. The summed E-state index contributed by atoms with van der Waals surface area (Å²) in [5, 5.41) is 0.